The first-order chi connectivity index (χ1) is 9.25. The van der Waals surface area contributed by atoms with Gasteiger partial charge >= 0.3 is 12.3 Å². The summed E-state index contributed by atoms with van der Waals surface area (Å²) in [6, 6.07) is 2.02. The Hall–Kier alpha value is -2.05. The molecule has 1 aliphatic rings. The maximum absolute atomic E-state index is 12.6. The number of carbonyl (C=O) groups is 2. The van der Waals surface area contributed by atoms with Gasteiger partial charge < -0.3 is 5.11 Å². The first-order valence-corrected chi connectivity index (χ1v) is 6.02. The van der Waals surface area contributed by atoms with Crippen molar-refractivity contribution < 1.29 is 27.9 Å². The molecule has 1 aromatic carbocycles. The highest BCUT2D eigenvalue weighted by atomic mass is 19.4. The number of ketones is 1. The zero-order valence-corrected chi connectivity index (χ0v) is 10.6. The largest absolute Gasteiger partial charge is 0.465 e. The summed E-state index contributed by atoms with van der Waals surface area (Å²) in [6.07, 6.45) is -5.52. The van der Waals surface area contributed by atoms with E-state index in [0.717, 1.165) is 23.1 Å². The van der Waals surface area contributed by atoms with Crippen LogP contribution in [0, 0.1) is 0 Å². The molecule has 0 saturated carbocycles. The van der Waals surface area contributed by atoms with Gasteiger partial charge in [-0.2, -0.15) is 13.2 Å². The Bertz CT molecular complexity index is 568. The second-order valence-electron chi connectivity index (χ2n) is 4.57. The van der Waals surface area contributed by atoms with Crippen LogP contribution in [0.25, 0.3) is 0 Å². The van der Waals surface area contributed by atoms with E-state index in [1.54, 1.807) is 6.92 Å². The van der Waals surface area contributed by atoms with Gasteiger partial charge in [0.25, 0.3) is 0 Å². The van der Waals surface area contributed by atoms with Crippen LogP contribution < -0.4 is 4.90 Å². The standard InChI is InChI=1S/C13H12F3NO3/c1-2-8-6-11(18)9-5-7(13(14,15)16)3-4-10(9)17(8)12(19)20/h3-5,8H,2,6H2,1H3,(H,19,20)/t8-/m1/s1. The third-order valence-electron chi connectivity index (χ3n) is 3.35. The molecule has 2 rings (SSSR count). The average Bonchev–Trinajstić information content (AvgIpc) is 2.36. The fourth-order valence-corrected chi connectivity index (χ4v) is 2.34. The SMILES string of the molecule is CC[C@@H]1CC(=O)c2cc(C(F)(F)F)ccc2N1C(=O)O. The van der Waals surface area contributed by atoms with E-state index >= 15 is 0 Å². The molecule has 1 amide bonds. The number of Topliss-reactive ketones (excluding diaryl/α,β-unsaturated/α-hetero) is 1. The highest BCUT2D eigenvalue weighted by Gasteiger charge is 2.37. The lowest BCUT2D eigenvalue weighted by molar-refractivity contribution is -0.137. The summed E-state index contributed by atoms with van der Waals surface area (Å²) in [5, 5.41) is 9.19. The number of halogens is 3. The molecule has 1 aromatic rings. The fraction of sp³-hybridized carbons (Fsp3) is 0.385. The molecule has 0 saturated heterocycles. The first kappa shape index (κ1) is 14.4. The minimum absolute atomic E-state index is 0.0219. The van der Waals surface area contributed by atoms with E-state index < -0.39 is 29.7 Å². The van der Waals surface area contributed by atoms with Gasteiger partial charge in [0, 0.05) is 18.0 Å². The summed E-state index contributed by atoms with van der Waals surface area (Å²) in [4.78, 5) is 24.2. The second kappa shape index (κ2) is 4.81. The molecular weight excluding hydrogens is 275 g/mol. The van der Waals surface area contributed by atoms with Crippen LogP contribution >= 0.6 is 0 Å². The Balaban J connectivity index is 2.57. The predicted molar refractivity (Wildman–Crippen MR) is 65.0 cm³/mol. The second-order valence-corrected chi connectivity index (χ2v) is 4.57. The number of alkyl halides is 3. The monoisotopic (exact) mass is 287 g/mol. The van der Waals surface area contributed by atoms with Crippen LogP contribution in [0.2, 0.25) is 0 Å². The molecule has 0 unspecified atom stereocenters. The average molecular weight is 287 g/mol. The van der Waals surface area contributed by atoms with Crippen molar-refractivity contribution in [3.63, 3.8) is 0 Å². The molecule has 1 aliphatic heterocycles. The first-order valence-electron chi connectivity index (χ1n) is 6.02. The number of benzene rings is 1. The van der Waals surface area contributed by atoms with Crippen molar-refractivity contribution in [1.82, 2.24) is 0 Å². The summed E-state index contributed by atoms with van der Waals surface area (Å²) in [5.74, 6) is -0.463. The van der Waals surface area contributed by atoms with E-state index in [0.29, 0.717) is 6.42 Å². The number of nitrogens with zero attached hydrogens (tertiary/aromatic N) is 1. The van der Waals surface area contributed by atoms with Crippen molar-refractivity contribution in [3.8, 4) is 0 Å². The van der Waals surface area contributed by atoms with Crippen LogP contribution in [0.3, 0.4) is 0 Å². The van der Waals surface area contributed by atoms with Gasteiger partial charge in [0.05, 0.1) is 11.3 Å². The number of hydrogen-bond donors (Lipinski definition) is 1. The number of carboxylic acid groups (broad SMARTS) is 1. The van der Waals surface area contributed by atoms with Crippen LogP contribution in [0.5, 0.6) is 0 Å². The molecule has 0 spiro atoms. The Labute approximate surface area is 112 Å². The predicted octanol–water partition coefficient (Wildman–Crippen LogP) is 3.55. The molecule has 7 heteroatoms. The Kier molecular flexibility index (Phi) is 3.45. The Morgan fingerprint density at radius 1 is 1.45 bits per heavy atom. The Morgan fingerprint density at radius 3 is 2.60 bits per heavy atom. The maximum Gasteiger partial charge on any atom is 0.416 e. The third kappa shape index (κ3) is 2.35. The van der Waals surface area contributed by atoms with Crippen molar-refractivity contribution >= 4 is 17.6 Å². The number of carbonyl (C=O) groups excluding carboxylic acids is 1. The summed E-state index contributed by atoms with van der Waals surface area (Å²) in [6.45, 7) is 1.73. The molecule has 1 atom stereocenters. The van der Waals surface area contributed by atoms with Crippen molar-refractivity contribution in [2.75, 3.05) is 4.90 Å². The van der Waals surface area contributed by atoms with Gasteiger partial charge in [-0.05, 0) is 24.6 Å². The van der Waals surface area contributed by atoms with E-state index in [1.807, 2.05) is 0 Å². The van der Waals surface area contributed by atoms with Gasteiger partial charge in [-0.1, -0.05) is 6.92 Å². The number of rotatable bonds is 1. The molecule has 0 aliphatic carbocycles. The van der Waals surface area contributed by atoms with E-state index in [1.165, 1.54) is 0 Å². The summed E-state index contributed by atoms with van der Waals surface area (Å²) < 4.78 is 37.9. The molecular formula is C13H12F3NO3. The quantitative estimate of drug-likeness (QED) is 0.859. The molecule has 20 heavy (non-hydrogen) atoms. The molecule has 4 nitrogen and oxygen atoms in total. The van der Waals surface area contributed by atoms with E-state index in [-0.39, 0.29) is 17.7 Å². The zero-order chi connectivity index (χ0) is 15.1. The highest BCUT2D eigenvalue weighted by Crippen LogP contribution is 2.37. The van der Waals surface area contributed by atoms with Gasteiger partial charge in [-0.25, -0.2) is 4.79 Å². The van der Waals surface area contributed by atoms with Crippen LogP contribution in [-0.4, -0.2) is 23.0 Å². The topological polar surface area (TPSA) is 57.6 Å². The van der Waals surface area contributed by atoms with E-state index in [9.17, 15) is 27.9 Å². The van der Waals surface area contributed by atoms with Crippen molar-refractivity contribution in [2.24, 2.45) is 0 Å². The number of hydrogen-bond acceptors (Lipinski definition) is 2. The minimum atomic E-state index is -4.56. The van der Waals surface area contributed by atoms with Crippen LogP contribution in [0.15, 0.2) is 18.2 Å². The molecule has 1 heterocycles. The Morgan fingerprint density at radius 2 is 2.10 bits per heavy atom. The zero-order valence-electron chi connectivity index (χ0n) is 10.6. The van der Waals surface area contributed by atoms with Gasteiger partial charge in [0.2, 0.25) is 0 Å². The van der Waals surface area contributed by atoms with Crippen molar-refractivity contribution in [2.45, 2.75) is 32.0 Å². The molecule has 108 valence electrons. The molecule has 0 aromatic heterocycles. The van der Waals surface area contributed by atoms with Gasteiger partial charge in [-0.15, -0.1) is 0 Å². The molecule has 0 radical (unpaired) electrons. The van der Waals surface area contributed by atoms with E-state index in [4.69, 9.17) is 0 Å². The van der Waals surface area contributed by atoms with E-state index in [2.05, 4.69) is 0 Å². The van der Waals surface area contributed by atoms with Crippen LogP contribution in [0.4, 0.5) is 23.7 Å². The molecule has 1 N–H and O–H groups in total. The van der Waals surface area contributed by atoms with Gasteiger partial charge in [0.15, 0.2) is 5.78 Å². The number of anilines is 1. The smallest absolute Gasteiger partial charge is 0.416 e. The van der Waals surface area contributed by atoms with Gasteiger partial charge in [-0.3, -0.25) is 9.69 Å². The lowest BCUT2D eigenvalue weighted by atomic mass is 9.92. The van der Waals surface area contributed by atoms with Crippen molar-refractivity contribution in [1.29, 1.82) is 0 Å². The van der Waals surface area contributed by atoms with Gasteiger partial charge in [0.1, 0.15) is 0 Å². The summed E-state index contributed by atoms with van der Waals surface area (Å²) >= 11 is 0. The minimum Gasteiger partial charge on any atom is -0.465 e. The molecule has 0 fully saturated rings. The maximum atomic E-state index is 12.6. The van der Waals surface area contributed by atoms with Crippen LogP contribution in [-0.2, 0) is 6.18 Å². The number of amides is 1. The fourth-order valence-electron chi connectivity index (χ4n) is 2.34. The summed E-state index contributed by atoms with van der Waals surface area (Å²) in [7, 11) is 0. The van der Waals surface area contributed by atoms with Crippen LogP contribution in [0.1, 0.15) is 35.7 Å². The highest BCUT2D eigenvalue weighted by molar-refractivity contribution is 6.08. The lowest BCUT2D eigenvalue weighted by Crippen LogP contribution is -2.44. The molecule has 0 bridgehead atoms. The normalized spacial score (nSPS) is 18.9. The third-order valence-corrected chi connectivity index (χ3v) is 3.35. The number of fused-ring (bicyclic) bond motifs is 1. The lowest BCUT2D eigenvalue weighted by Gasteiger charge is -2.34. The van der Waals surface area contributed by atoms with Crippen molar-refractivity contribution in [3.05, 3.63) is 29.3 Å². The summed E-state index contributed by atoms with van der Waals surface area (Å²) in [5.41, 5.74) is -1.12.